The molecule has 29 heavy (non-hydrogen) atoms. The molecular weight excluding hydrogens is 364 g/mol. The SMILES string of the molecule is CC(C)C1CN(CCO)CCN1C(=O)OCC1c2ccccc2-c2ccccc21. The van der Waals surface area contributed by atoms with Crippen LogP contribution in [0, 0.1) is 5.92 Å². The molecule has 1 unspecified atom stereocenters. The second-order valence-corrected chi connectivity index (χ2v) is 8.33. The van der Waals surface area contributed by atoms with Crippen molar-refractivity contribution in [3.63, 3.8) is 0 Å². The van der Waals surface area contributed by atoms with Gasteiger partial charge in [0.1, 0.15) is 6.61 Å². The molecule has 2 aromatic rings. The Hall–Kier alpha value is -2.37. The largest absolute Gasteiger partial charge is 0.448 e. The average molecular weight is 395 g/mol. The minimum Gasteiger partial charge on any atom is -0.448 e. The van der Waals surface area contributed by atoms with Crippen molar-refractivity contribution >= 4 is 6.09 Å². The van der Waals surface area contributed by atoms with Crippen LogP contribution in [0.25, 0.3) is 11.1 Å². The number of ether oxygens (including phenoxy) is 1. The van der Waals surface area contributed by atoms with Gasteiger partial charge in [-0.05, 0) is 28.2 Å². The van der Waals surface area contributed by atoms with Crippen molar-refractivity contribution in [2.24, 2.45) is 5.92 Å². The third-order valence-corrected chi connectivity index (χ3v) is 6.26. The number of hydrogen-bond donors (Lipinski definition) is 1. The lowest BCUT2D eigenvalue weighted by atomic mass is 9.98. The first kappa shape index (κ1) is 19.9. The molecule has 1 amide bonds. The smallest absolute Gasteiger partial charge is 0.410 e. The van der Waals surface area contributed by atoms with Gasteiger partial charge in [-0.2, -0.15) is 0 Å². The average Bonchev–Trinajstić information content (AvgIpc) is 3.06. The summed E-state index contributed by atoms with van der Waals surface area (Å²) >= 11 is 0. The van der Waals surface area contributed by atoms with E-state index in [4.69, 9.17) is 4.74 Å². The van der Waals surface area contributed by atoms with Gasteiger partial charge in [0.05, 0.1) is 12.6 Å². The van der Waals surface area contributed by atoms with E-state index in [9.17, 15) is 9.90 Å². The number of carbonyl (C=O) groups excluding carboxylic acids is 1. The number of amides is 1. The van der Waals surface area contributed by atoms with Gasteiger partial charge in [-0.1, -0.05) is 62.4 Å². The van der Waals surface area contributed by atoms with Crippen LogP contribution in [0.5, 0.6) is 0 Å². The topological polar surface area (TPSA) is 53.0 Å². The summed E-state index contributed by atoms with van der Waals surface area (Å²) in [5.41, 5.74) is 4.94. The quantitative estimate of drug-likeness (QED) is 0.842. The summed E-state index contributed by atoms with van der Waals surface area (Å²) in [6, 6.07) is 16.9. The number of aliphatic hydroxyl groups excluding tert-OH is 1. The highest BCUT2D eigenvalue weighted by Crippen LogP contribution is 2.44. The molecule has 5 nitrogen and oxygen atoms in total. The number of fused-ring (bicyclic) bond motifs is 3. The van der Waals surface area contributed by atoms with E-state index >= 15 is 0 Å². The van der Waals surface area contributed by atoms with Crippen LogP contribution < -0.4 is 0 Å². The molecule has 1 fully saturated rings. The molecule has 1 saturated heterocycles. The van der Waals surface area contributed by atoms with Gasteiger partial charge < -0.3 is 14.7 Å². The third kappa shape index (κ3) is 3.89. The summed E-state index contributed by atoms with van der Waals surface area (Å²) in [7, 11) is 0. The highest BCUT2D eigenvalue weighted by molar-refractivity contribution is 5.79. The normalized spacial score (nSPS) is 19.3. The van der Waals surface area contributed by atoms with Crippen LogP contribution in [0.1, 0.15) is 30.9 Å². The van der Waals surface area contributed by atoms with E-state index in [2.05, 4.69) is 67.3 Å². The number of hydrogen-bond acceptors (Lipinski definition) is 4. The van der Waals surface area contributed by atoms with Crippen LogP contribution in [0.2, 0.25) is 0 Å². The van der Waals surface area contributed by atoms with Gasteiger partial charge in [-0.25, -0.2) is 4.79 Å². The van der Waals surface area contributed by atoms with E-state index in [1.54, 1.807) is 0 Å². The monoisotopic (exact) mass is 394 g/mol. The Morgan fingerprint density at radius 1 is 1.07 bits per heavy atom. The molecule has 0 radical (unpaired) electrons. The first-order chi connectivity index (χ1) is 14.1. The maximum atomic E-state index is 13.0. The van der Waals surface area contributed by atoms with Crippen LogP contribution in [-0.4, -0.2) is 66.4 Å². The molecule has 1 aliphatic heterocycles. The summed E-state index contributed by atoms with van der Waals surface area (Å²) < 4.78 is 5.87. The summed E-state index contributed by atoms with van der Waals surface area (Å²) in [6.07, 6.45) is -0.228. The molecule has 2 aromatic carbocycles. The van der Waals surface area contributed by atoms with Crippen LogP contribution in [0.15, 0.2) is 48.5 Å². The summed E-state index contributed by atoms with van der Waals surface area (Å²) in [5.74, 6) is 0.413. The highest BCUT2D eigenvalue weighted by atomic mass is 16.6. The third-order valence-electron chi connectivity index (χ3n) is 6.26. The number of piperazine rings is 1. The fraction of sp³-hybridized carbons (Fsp3) is 0.458. The fourth-order valence-electron chi connectivity index (χ4n) is 4.69. The van der Waals surface area contributed by atoms with Crippen molar-refractivity contribution in [3.05, 3.63) is 59.7 Å². The predicted molar refractivity (Wildman–Crippen MR) is 114 cm³/mol. The van der Waals surface area contributed by atoms with E-state index in [-0.39, 0.29) is 24.7 Å². The Morgan fingerprint density at radius 3 is 2.28 bits per heavy atom. The van der Waals surface area contributed by atoms with Crippen LogP contribution in [0.3, 0.4) is 0 Å². The van der Waals surface area contributed by atoms with Crippen molar-refractivity contribution in [2.45, 2.75) is 25.8 Å². The molecule has 1 atom stereocenters. The number of nitrogens with zero attached hydrogens (tertiary/aromatic N) is 2. The molecule has 0 bridgehead atoms. The summed E-state index contributed by atoms with van der Waals surface area (Å²) in [6.45, 7) is 7.62. The standard InChI is InChI=1S/C24H30N2O3/c1-17(2)23-15-25(13-14-27)11-12-26(23)24(28)29-16-22-20-9-5-3-7-18(20)19-8-4-6-10-21(19)22/h3-10,17,22-23,27H,11-16H2,1-2H3. The molecular formula is C24H30N2O3. The van der Waals surface area contributed by atoms with Crippen LogP contribution >= 0.6 is 0 Å². The Balaban J connectivity index is 1.47. The molecule has 0 spiro atoms. The minimum atomic E-state index is -0.228. The van der Waals surface area contributed by atoms with Gasteiger partial charge in [0, 0.05) is 32.1 Å². The first-order valence-electron chi connectivity index (χ1n) is 10.5. The second-order valence-electron chi connectivity index (χ2n) is 8.33. The zero-order valence-electron chi connectivity index (χ0n) is 17.3. The van der Waals surface area contributed by atoms with Crippen molar-refractivity contribution in [1.82, 2.24) is 9.80 Å². The molecule has 1 aliphatic carbocycles. The van der Waals surface area contributed by atoms with Gasteiger partial charge in [0.2, 0.25) is 0 Å². The zero-order valence-corrected chi connectivity index (χ0v) is 17.3. The number of β-amino-alcohol motifs (C(OH)–C–C–N with tert-alkyl or cyclic N) is 1. The Bertz CT molecular complexity index is 821. The molecule has 1 heterocycles. The van der Waals surface area contributed by atoms with Crippen molar-refractivity contribution < 1.29 is 14.6 Å². The maximum absolute atomic E-state index is 13.0. The van der Waals surface area contributed by atoms with Crippen molar-refractivity contribution in [1.29, 1.82) is 0 Å². The molecule has 1 N–H and O–H groups in total. The molecule has 2 aliphatic rings. The zero-order chi connectivity index (χ0) is 20.4. The summed E-state index contributed by atoms with van der Waals surface area (Å²) in [4.78, 5) is 17.1. The predicted octanol–water partition coefficient (Wildman–Crippen LogP) is 3.57. The highest BCUT2D eigenvalue weighted by Gasteiger charge is 2.35. The molecule has 5 heteroatoms. The number of benzene rings is 2. The van der Waals surface area contributed by atoms with Crippen molar-refractivity contribution in [3.8, 4) is 11.1 Å². The van der Waals surface area contributed by atoms with Gasteiger partial charge >= 0.3 is 6.09 Å². The van der Waals surface area contributed by atoms with Crippen molar-refractivity contribution in [2.75, 3.05) is 39.4 Å². The molecule has 154 valence electrons. The lowest BCUT2D eigenvalue weighted by Crippen LogP contribution is -2.57. The minimum absolute atomic E-state index is 0.0829. The van der Waals surface area contributed by atoms with Gasteiger partial charge in [0.15, 0.2) is 0 Å². The van der Waals surface area contributed by atoms with Gasteiger partial charge in [-0.3, -0.25) is 4.90 Å². The second kappa shape index (κ2) is 8.56. The maximum Gasteiger partial charge on any atom is 0.410 e. The molecule has 4 rings (SSSR count). The lowest BCUT2D eigenvalue weighted by molar-refractivity contribution is 0.0264. The first-order valence-corrected chi connectivity index (χ1v) is 10.5. The Morgan fingerprint density at radius 2 is 1.69 bits per heavy atom. The van der Waals surface area contributed by atoms with E-state index in [1.807, 2.05) is 4.90 Å². The van der Waals surface area contributed by atoms with Crippen LogP contribution in [-0.2, 0) is 4.74 Å². The lowest BCUT2D eigenvalue weighted by Gasteiger charge is -2.42. The van der Waals surface area contributed by atoms with E-state index in [0.717, 1.165) is 13.1 Å². The number of carbonyl (C=O) groups is 1. The number of aliphatic hydroxyl groups is 1. The Labute approximate surface area is 172 Å². The van der Waals surface area contributed by atoms with E-state index < -0.39 is 0 Å². The Kier molecular flexibility index (Phi) is 5.88. The fourth-order valence-corrected chi connectivity index (χ4v) is 4.69. The molecule has 0 aromatic heterocycles. The van der Waals surface area contributed by atoms with Crippen LogP contribution in [0.4, 0.5) is 4.79 Å². The van der Waals surface area contributed by atoms with Gasteiger partial charge in [-0.15, -0.1) is 0 Å². The molecule has 0 saturated carbocycles. The number of rotatable bonds is 5. The van der Waals surface area contributed by atoms with Gasteiger partial charge in [0.25, 0.3) is 0 Å². The summed E-state index contributed by atoms with van der Waals surface area (Å²) in [5, 5.41) is 9.24. The van der Waals surface area contributed by atoms with E-state index in [1.165, 1.54) is 22.3 Å². The van der Waals surface area contributed by atoms with E-state index in [0.29, 0.717) is 25.6 Å².